The predicted molar refractivity (Wildman–Crippen MR) is 103 cm³/mol. The van der Waals surface area contributed by atoms with E-state index in [1.54, 1.807) is 6.92 Å². The number of nitrogens with zero attached hydrogens (tertiary/aromatic N) is 3. The topological polar surface area (TPSA) is 107 Å². The van der Waals surface area contributed by atoms with Gasteiger partial charge in [-0.3, -0.25) is 10.1 Å². The van der Waals surface area contributed by atoms with Crippen LogP contribution in [-0.2, 0) is 16.6 Å². The average molecular weight is 430 g/mol. The molecule has 0 aliphatic rings. The Kier molecular flexibility index (Phi) is 6.76. The third-order valence-corrected chi connectivity index (χ3v) is 4.12. The van der Waals surface area contributed by atoms with Gasteiger partial charge in [0.25, 0.3) is 5.69 Å². The van der Waals surface area contributed by atoms with E-state index in [1.807, 2.05) is 0 Å². The zero-order chi connectivity index (χ0) is 21.0. The number of benzene rings is 1. The Morgan fingerprint density at radius 1 is 1.39 bits per heavy atom. The maximum atomic E-state index is 13.8. The van der Waals surface area contributed by atoms with E-state index in [9.17, 15) is 24.4 Å². The van der Waals surface area contributed by atoms with Crippen LogP contribution >= 0.6 is 23.2 Å². The fourth-order valence-corrected chi connectivity index (χ4v) is 2.64. The van der Waals surface area contributed by atoms with Crippen LogP contribution in [-0.4, -0.2) is 33.4 Å². The number of esters is 1. The van der Waals surface area contributed by atoms with Crippen molar-refractivity contribution in [3.63, 3.8) is 0 Å². The number of ether oxygens (including phenoxy) is 1. The van der Waals surface area contributed by atoms with Gasteiger partial charge in [0.1, 0.15) is 23.0 Å². The first-order valence-electron chi connectivity index (χ1n) is 7.75. The second kappa shape index (κ2) is 8.85. The number of aliphatic hydroxyl groups is 1. The third-order valence-electron chi connectivity index (χ3n) is 3.52. The molecule has 0 radical (unpaired) electrons. The quantitative estimate of drug-likeness (QED) is 0.137. The van der Waals surface area contributed by atoms with Crippen molar-refractivity contribution in [1.29, 1.82) is 0 Å². The van der Waals surface area contributed by atoms with Crippen LogP contribution in [0.2, 0.25) is 10.0 Å². The Hall–Kier alpha value is -2.91. The van der Waals surface area contributed by atoms with Gasteiger partial charge in [0, 0.05) is 18.8 Å². The molecule has 148 valence electrons. The fraction of sp³-hybridized carbons (Fsp3) is 0.176. The number of aliphatic imine (C=N–C) groups is 1. The highest BCUT2D eigenvalue weighted by molar-refractivity contribution is 6.36. The normalized spacial score (nSPS) is 12.2. The van der Waals surface area contributed by atoms with E-state index in [0.29, 0.717) is 0 Å². The molecule has 1 aromatic heterocycles. The summed E-state index contributed by atoms with van der Waals surface area (Å²) >= 11 is 11.6. The molecule has 0 spiro atoms. The number of hydrogen-bond acceptors (Lipinski definition) is 6. The molecule has 1 N–H and O–H groups in total. The first-order valence-corrected chi connectivity index (χ1v) is 8.51. The van der Waals surface area contributed by atoms with Gasteiger partial charge in [0.15, 0.2) is 0 Å². The van der Waals surface area contributed by atoms with Crippen LogP contribution in [0, 0.1) is 15.9 Å². The summed E-state index contributed by atoms with van der Waals surface area (Å²) in [6, 6.07) is 3.11. The summed E-state index contributed by atoms with van der Waals surface area (Å²) in [7, 11) is 1.51. The van der Waals surface area contributed by atoms with Gasteiger partial charge < -0.3 is 14.4 Å². The summed E-state index contributed by atoms with van der Waals surface area (Å²) in [5.74, 6) is -2.36. The van der Waals surface area contributed by atoms with E-state index < -0.39 is 28.0 Å². The van der Waals surface area contributed by atoms with Crippen LogP contribution < -0.4 is 0 Å². The number of nitro groups is 1. The van der Waals surface area contributed by atoms with Crippen molar-refractivity contribution in [3.05, 3.63) is 61.5 Å². The summed E-state index contributed by atoms with van der Waals surface area (Å²) in [5.41, 5.74) is -0.825. The molecule has 11 heteroatoms. The largest absolute Gasteiger partial charge is 0.506 e. The molecule has 1 aromatic carbocycles. The summed E-state index contributed by atoms with van der Waals surface area (Å²) in [4.78, 5) is 26.5. The highest BCUT2D eigenvalue weighted by atomic mass is 35.5. The van der Waals surface area contributed by atoms with Crippen molar-refractivity contribution in [2.45, 2.75) is 6.92 Å². The van der Waals surface area contributed by atoms with Crippen molar-refractivity contribution < 1.29 is 24.0 Å². The minimum atomic E-state index is -0.945. The van der Waals surface area contributed by atoms with Gasteiger partial charge >= 0.3 is 5.97 Å². The van der Waals surface area contributed by atoms with Crippen LogP contribution in [0.15, 0.2) is 35.0 Å². The van der Waals surface area contributed by atoms with Crippen LogP contribution in [0.4, 0.5) is 15.9 Å². The molecule has 2 rings (SSSR count). The number of aromatic nitrogens is 1. The smallest absolute Gasteiger partial charge is 0.343 e. The number of carbonyl (C=O) groups excluding carboxylic acids is 1. The minimum Gasteiger partial charge on any atom is -0.506 e. The van der Waals surface area contributed by atoms with E-state index in [4.69, 9.17) is 27.9 Å². The molecule has 1 heterocycles. The first-order chi connectivity index (χ1) is 13.1. The van der Waals surface area contributed by atoms with Crippen LogP contribution in [0.25, 0.3) is 5.76 Å². The fourth-order valence-electron chi connectivity index (χ4n) is 2.16. The second-order valence-corrected chi connectivity index (χ2v) is 6.23. The molecule has 0 bridgehead atoms. The Balaban J connectivity index is 2.56. The van der Waals surface area contributed by atoms with E-state index in [1.165, 1.54) is 23.9 Å². The monoisotopic (exact) mass is 429 g/mol. The second-order valence-electron chi connectivity index (χ2n) is 5.41. The number of hydrogen-bond donors (Lipinski definition) is 1. The van der Waals surface area contributed by atoms with Gasteiger partial charge in [-0.05, 0) is 19.1 Å². The van der Waals surface area contributed by atoms with E-state index in [0.717, 1.165) is 18.3 Å². The maximum absolute atomic E-state index is 13.8. The lowest BCUT2D eigenvalue weighted by Crippen LogP contribution is -2.11. The van der Waals surface area contributed by atoms with Crippen LogP contribution in [0.1, 0.15) is 12.5 Å². The molecule has 0 atom stereocenters. The van der Waals surface area contributed by atoms with Crippen molar-refractivity contribution >= 4 is 52.7 Å². The SMILES string of the molecule is CCOC(=O)C(/C=N/c1cc([N+](=O)[O-])cn1C)=C(\O)c1cc(F)c(Cl)cc1Cl. The number of rotatable bonds is 6. The molecule has 2 aromatic rings. The number of halogens is 3. The average Bonchev–Trinajstić information content (AvgIpc) is 2.99. The number of aryl methyl sites for hydroxylation is 1. The Bertz CT molecular complexity index is 1000. The summed E-state index contributed by atoms with van der Waals surface area (Å²) < 4.78 is 20.0. The van der Waals surface area contributed by atoms with Crippen LogP contribution in [0.5, 0.6) is 0 Å². The molecule has 0 amide bonds. The molecule has 0 fully saturated rings. The van der Waals surface area contributed by atoms with Crippen molar-refractivity contribution in [1.82, 2.24) is 4.57 Å². The van der Waals surface area contributed by atoms with Gasteiger partial charge in [-0.2, -0.15) is 0 Å². The molecule has 0 aliphatic carbocycles. The Morgan fingerprint density at radius 3 is 2.64 bits per heavy atom. The molecule has 0 saturated heterocycles. The zero-order valence-corrected chi connectivity index (χ0v) is 16.2. The van der Waals surface area contributed by atoms with E-state index in [2.05, 4.69) is 4.99 Å². The highest BCUT2D eigenvalue weighted by Crippen LogP contribution is 2.30. The van der Waals surface area contributed by atoms with E-state index >= 15 is 0 Å². The molecular weight excluding hydrogens is 416 g/mol. The Labute approximate surface area is 168 Å². The van der Waals surface area contributed by atoms with Crippen molar-refractivity contribution in [3.8, 4) is 0 Å². The number of aliphatic hydroxyl groups excluding tert-OH is 1. The molecule has 28 heavy (non-hydrogen) atoms. The lowest BCUT2D eigenvalue weighted by atomic mass is 10.1. The van der Waals surface area contributed by atoms with Crippen molar-refractivity contribution in [2.75, 3.05) is 6.61 Å². The molecule has 0 unspecified atom stereocenters. The Morgan fingerprint density at radius 2 is 2.07 bits per heavy atom. The van der Waals surface area contributed by atoms with Gasteiger partial charge in [-0.1, -0.05) is 23.2 Å². The third kappa shape index (κ3) is 4.68. The predicted octanol–water partition coefficient (Wildman–Crippen LogP) is 4.61. The minimum absolute atomic E-state index is 0.00178. The van der Waals surface area contributed by atoms with Crippen LogP contribution in [0.3, 0.4) is 0 Å². The summed E-state index contributed by atoms with van der Waals surface area (Å²) in [5, 5.41) is 21.0. The highest BCUT2D eigenvalue weighted by Gasteiger charge is 2.20. The van der Waals surface area contributed by atoms with Crippen molar-refractivity contribution in [2.24, 2.45) is 12.0 Å². The summed E-state index contributed by atoms with van der Waals surface area (Å²) in [6.45, 7) is 1.56. The molecule has 0 saturated carbocycles. The zero-order valence-electron chi connectivity index (χ0n) is 14.6. The van der Waals surface area contributed by atoms with E-state index in [-0.39, 0.29) is 33.7 Å². The number of carbonyl (C=O) groups is 1. The lowest BCUT2D eigenvalue weighted by molar-refractivity contribution is -0.384. The molecule has 8 nitrogen and oxygen atoms in total. The molecular formula is C17H14Cl2FN3O5. The standard InChI is InChI=1S/C17H14Cl2FN3O5/c1-3-28-17(25)11(7-21-15-4-9(23(26)27)8-22(15)2)16(24)10-5-14(20)13(19)6-12(10)18/h4-8,24H,3H2,1-2H3/b16-11-,21-7+. The van der Waals surface area contributed by atoms with Gasteiger partial charge in [0.05, 0.1) is 33.8 Å². The van der Waals surface area contributed by atoms with Gasteiger partial charge in [-0.25, -0.2) is 14.2 Å². The summed E-state index contributed by atoms with van der Waals surface area (Å²) in [6.07, 6.45) is 2.18. The first kappa shape index (κ1) is 21.4. The lowest BCUT2D eigenvalue weighted by Gasteiger charge is -2.09. The van der Waals surface area contributed by atoms with Gasteiger partial charge in [0.2, 0.25) is 0 Å². The van der Waals surface area contributed by atoms with Gasteiger partial charge in [-0.15, -0.1) is 0 Å². The maximum Gasteiger partial charge on any atom is 0.343 e. The molecule has 0 aliphatic heterocycles.